The van der Waals surface area contributed by atoms with Crippen molar-refractivity contribution in [2.45, 2.75) is 43.3 Å². The first-order valence-corrected chi connectivity index (χ1v) is 10.0. The van der Waals surface area contributed by atoms with Gasteiger partial charge in [-0.2, -0.15) is 0 Å². The zero-order valence-corrected chi connectivity index (χ0v) is 15.1. The molecule has 1 fully saturated rings. The van der Waals surface area contributed by atoms with Crippen LogP contribution < -0.4 is 0 Å². The second-order valence-corrected chi connectivity index (χ2v) is 7.99. The molecule has 1 aliphatic heterocycles. The maximum Gasteiger partial charge on any atom is 0.253 e. The van der Waals surface area contributed by atoms with Gasteiger partial charge in [-0.3, -0.25) is 4.79 Å². The molecule has 1 aromatic carbocycles. The molecule has 0 bridgehead atoms. The zero-order chi connectivity index (χ0) is 16.1. The lowest BCUT2D eigenvalue weighted by molar-refractivity contribution is 0.0761. The summed E-state index contributed by atoms with van der Waals surface area (Å²) in [6.07, 6.45) is 4.75. The predicted molar refractivity (Wildman–Crippen MR) is 97.2 cm³/mol. The van der Waals surface area contributed by atoms with Crippen LogP contribution in [0.5, 0.6) is 0 Å². The van der Waals surface area contributed by atoms with Crippen LogP contribution >= 0.6 is 23.1 Å². The summed E-state index contributed by atoms with van der Waals surface area (Å²) in [5.74, 6) is 1.06. The van der Waals surface area contributed by atoms with E-state index in [1.807, 2.05) is 24.0 Å². The average molecular weight is 347 g/mol. The lowest BCUT2D eigenvalue weighted by atomic mass is 10.2. The third-order valence-corrected chi connectivity index (χ3v) is 5.92. The topological polar surface area (TPSA) is 33.2 Å². The molecule has 3 nitrogen and oxygen atoms in total. The lowest BCUT2D eigenvalue weighted by Crippen LogP contribution is -2.31. The molecule has 122 valence electrons. The molecule has 1 saturated heterocycles. The maximum atomic E-state index is 12.6. The van der Waals surface area contributed by atoms with E-state index in [-0.39, 0.29) is 5.91 Å². The third-order valence-electron chi connectivity index (χ3n) is 4.05. The SMILES string of the molecule is Cc1nc(CSc2ccc(C(=O)N3CCCCCC3)cc2)cs1. The van der Waals surface area contributed by atoms with Gasteiger partial charge in [-0.25, -0.2) is 4.98 Å². The predicted octanol–water partition coefficient (Wildman–Crippen LogP) is 4.76. The summed E-state index contributed by atoms with van der Waals surface area (Å²) >= 11 is 3.45. The van der Waals surface area contributed by atoms with Crippen LogP contribution in [0.1, 0.15) is 46.7 Å². The molecule has 1 aliphatic rings. The van der Waals surface area contributed by atoms with Gasteiger partial charge in [0.25, 0.3) is 5.91 Å². The standard InChI is InChI=1S/C18H22N2OS2/c1-14-19-16(12-22-14)13-23-17-8-6-15(7-9-17)18(21)20-10-4-2-3-5-11-20/h6-9,12H,2-5,10-11,13H2,1H3. The van der Waals surface area contributed by atoms with Crippen LogP contribution in [-0.2, 0) is 5.75 Å². The molecule has 1 aromatic heterocycles. The highest BCUT2D eigenvalue weighted by atomic mass is 32.2. The Morgan fingerprint density at radius 1 is 1.17 bits per heavy atom. The van der Waals surface area contributed by atoms with Crippen molar-refractivity contribution >= 4 is 29.0 Å². The minimum Gasteiger partial charge on any atom is -0.339 e. The summed E-state index contributed by atoms with van der Waals surface area (Å²) < 4.78 is 0. The molecule has 0 aliphatic carbocycles. The summed E-state index contributed by atoms with van der Waals surface area (Å²) in [7, 11) is 0. The average Bonchev–Trinajstić information content (AvgIpc) is 2.83. The van der Waals surface area contributed by atoms with Gasteiger partial charge in [0.1, 0.15) is 0 Å². The van der Waals surface area contributed by atoms with Gasteiger partial charge in [0.2, 0.25) is 0 Å². The number of carbonyl (C=O) groups is 1. The molecular weight excluding hydrogens is 324 g/mol. The molecule has 3 rings (SSSR count). The first-order chi connectivity index (χ1) is 11.2. The molecular formula is C18H22N2OS2. The van der Waals surface area contributed by atoms with E-state index >= 15 is 0 Å². The summed E-state index contributed by atoms with van der Waals surface area (Å²) in [4.78, 5) is 20.2. The van der Waals surface area contributed by atoms with Crippen molar-refractivity contribution in [3.05, 3.63) is 45.9 Å². The number of benzene rings is 1. The van der Waals surface area contributed by atoms with E-state index in [0.717, 1.165) is 47.9 Å². The molecule has 2 aromatic rings. The molecule has 5 heteroatoms. The number of thioether (sulfide) groups is 1. The minimum absolute atomic E-state index is 0.179. The molecule has 2 heterocycles. The highest BCUT2D eigenvalue weighted by molar-refractivity contribution is 7.98. The van der Waals surface area contributed by atoms with Gasteiger partial charge >= 0.3 is 0 Å². The van der Waals surface area contributed by atoms with Crippen molar-refractivity contribution in [3.8, 4) is 0 Å². The number of amides is 1. The van der Waals surface area contributed by atoms with Crippen molar-refractivity contribution in [2.24, 2.45) is 0 Å². The smallest absolute Gasteiger partial charge is 0.253 e. The number of carbonyl (C=O) groups excluding carboxylic acids is 1. The van der Waals surface area contributed by atoms with Crippen molar-refractivity contribution < 1.29 is 4.79 Å². The maximum absolute atomic E-state index is 12.6. The highest BCUT2D eigenvalue weighted by Gasteiger charge is 2.17. The number of rotatable bonds is 4. The number of hydrogen-bond acceptors (Lipinski definition) is 4. The van der Waals surface area contributed by atoms with Crippen LogP contribution in [0, 0.1) is 6.92 Å². The Morgan fingerprint density at radius 3 is 2.48 bits per heavy atom. The minimum atomic E-state index is 0.179. The molecule has 0 unspecified atom stereocenters. The summed E-state index contributed by atoms with van der Waals surface area (Å²) in [5.41, 5.74) is 1.93. The van der Waals surface area contributed by atoms with Crippen molar-refractivity contribution in [3.63, 3.8) is 0 Å². The van der Waals surface area contributed by atoms with Crippen LogP contribution in [0.15, 0.2) is 34.5 Å². The Kier molecular flexibility index (Phi) is 5.73. The largest absolute Gasteiger partial charge is 0.339 e. The number of aryl methyl sites for hydroxylation is 1. The number of hydrogen-bond donors (Lipinski definition) is 0. The molecule has 0 atom stereocenters. The number of thiazole rings is 1. The van der Waals surface area contributed by atoms with E-state index in [4.69, 9.17) is 0 Å². The van der Waals surface area contributed by atoms with E-state index in [2.05, 4.69) is 22.5 Å². The van der Waals surface area contributed by atoms with Crippen molar-refractivity contribution in [1.82, 2.24) is 9.88 Å². The molecule has 0 N–H and O–H groups in total. The third kappa shape index (κ3) is 4.58. The summed E-state index contributed by atoms with van der Waals surface area (Å²) in [6.45, 7) is 3.83. The Hall–Kier alpha value is -1.33. The van der Waals surface area contributed by atoms with E-state index < -0.39 is 0 Å². The van der Waals surface area contributed by atoms with Crippen LogP contribution in [-0.4, -0.2) is 28.9 Å². The Morgan fingerprint density at radius 2 is 1.87 bits per heavy atom. The normalized spacial score (nSPS) is 15.4. The molecule has 0 radical (unpaired) electrons. The van der Waals surface area contributed by atoms with Gasteiger partial charge in [0.05, 0.1) is 10.7 Å². The van der Waals surface area contributed by atoms with Crippen LogP contribution in [0.2, 0.25) is 0 Å². The van der Waals surface area contributed by atoms with Gasteiger partial charge < -0.3 is 4.90 Å². The number of nitrogens with zero attached hydrogens (tertiary/aromatic N) is 2. The van der Waals surface area contributed by atoms with Gasteiger partial charge in [-0.15, -0.1) is 23.1 Å². The van der Waals surface area contributed by atoms with E-state index in [9.17, 15) is 4.79 Å². The van der Waals surface area contributed by atoms with Gasteiger partial charge in [-0.05, 0) is 44.0 Å². The molecule has 23 heavy (non-hydrogen) atoms. The monoisotopic (exact) mass is 346 g/mol. The number of aromatic nitrogens is 1. The van der Waals surface area contributed by atoms with E-state index in [1.165, 1.54) is 17.7 Å². The fourth-order valence-electron chi connectivity index (χ4n) is 2.78. The quantitative estimate of drug-likeness (QED) is 0.748. The van der Waals surface area contributed by atoms with E-state index in [1.54, 1.807) is 23.1 Å². The first kappa shape index (κ1) is 16.5. The zero-order valence-electron chi connectivity index (χ0n) is 13.5. The molecule has 0 saturated carbocycles. The Balaban J connectivity index is 1.58. The van der Waals surface area contributed by atoms with Crippen molar-refractivity contribution in [2.75, 3.05) is 13.1 Å². The van der Waals surface area contributed by atoms with Gasteiger partial charge in [-0.1, -0.05) is 12.8 Å². The van der Waals surface area contributed by atoms with Crippen molar-refractivity contribution in [1.29, 1.82) is 0 Å². The van der Waals surface area contributed by atoms with Crippen LogP contribution in [0.25, 0.3) is 0 Å². The van der Waals surface area contributed by atoms with Gasteiger partial charge in [0.15, 0.2) is 0 Å². The number of likely N-dealkylation sites (tertiary alicyclic amines) is 1. The fourth-order valence-corrected chi connectivity index (χ4v) is 4.29. The van der Waals surface area contributed by atoms with Crippen LogP contribution in [0.3, 0.4) is 0 Å². The Labute approximate surface area is 146 Å². The van der Waals surface area contributed by atoms with E-state index in [0.29, 0.717) is 0 Å². The second-order valence-electron chi connectivity index (χ2n) is 5.88. The highest BCUT2D eigenvalue weighted by Crippen LogP contribution is 2.24. The lowest BCUT2D eigenvalue weighted by Gasteiger charge is -2.20. The second kappa shape index (κ2) is 7.97. The van der Waals surface area contributed by atoms with Gasteiger partial charge in [0, 0.05) is 34.7 Å². The summed E-state index contributed by atoms with van der Waals surface area (Å²) in [5, 5.41) is 3.22. The molecule has 0 spiro atoms. The Bertz CT molecular complexity index is 643. The van der Waals surface area contributed by atoms with Crippen LogP contribution in [0.4, 0.5) is 0 Å². The first-order valence-electron chi connectivity index (χ1n) is 8.15. The fraction of sp³-hybridized carbons (Fsp3) is 0.444. The molecule has 1 amide bonds. The summed E-state index contributed by atoms with van der Waals surface area (Å²) in [6, 6.07) is 8.02.